The molecule has 1 atom stereocenters. The van der Waals surface area contributed by atoms with Gasteiger partial charge in [-0.25, -0.2) is 0 Å². The van der Waals surface area contributed by atoms with Crippen molar-refractivity contribution in [2.45, 2.75) is 39.7 Å². The lowest BCUT2D eigenvalue weighted by Crippen LogP contribution is -2.16. The van der Waals surface area contributed by atoms with Crippen LogP contribution in [0.4, 0.5) is 0 Å². The number of carbonyl (C=O) groups is 1. The molecule has 0 saturated heterocycles. The van der Waals surface area contributed by atoms with Gasteiger partial charge in [0.25, 0.3) is 0 Å². The van der Waals surface area contributed by atoms with Crippen molar-refractivity contribution < 1.29 is 14.3 Å². The first-order valence-electron chi connectivity index (χ1n) is 6.59. The zero-order chi connectivity index (χ0) is 13.4. The molecule has 0 radical (unpaired) electrons. The monoisotopic (exact) mass is 250 g/mol. The molecule has 0 spiro atoms. The van der Waals surface area contributed by atoms with Gasteiger partial charge in [0, 0.05) is 13.0 Å². The van der Waals surface area contributed by atoms with Gasteiger partial charge in [-0.3, -0.25) is 4.79 Å². The Kier molecular flexibility index (Phi) is 6.44. The minimum Gasteiger partial charge on any atom is -0.494 e. The van der Waals surface area contributed by atoms with E-state index < -0.39 is 6.10 Å². The molecule has 0 heterocycles. The Morgan fingerprint density at radius 2 is 2.06 bits per heavy atom. The van der Waals surface area contributed by atoms with Crippen LogP contribution in [0.15, 0.2) is 24.3 Å². The number of hydrogen-bond donors (Lipinski definition) is 0. The maximum Gasteiger partial charge on any atom is 0.165 e. The number of hydrogen-bond acceptors (Lipinski definition) is 3. The van der Waals surface area contributed by atoms with Crippen molar-refractivity contribution in [1.29, 1.82) is 0 Å². The second-order valence-electron chi connectivity index (χ2n) is 4.08. The fourth-order valence-electron chi connectivity index (χ4n) is 1.73. The third-order valence-electron chi connectivity index (χ3n) is 2.60. The summed E-state index contributed by atoms with van der Waals surface area (Å²) in [6, 6.07) is 7.58. The van der Waals surface area contributed by atoms with Crippen LogP contribution in [0, 0.1) is 0 Å². The molecule has 18 heavy (non-hydrogen) atoms. The van der Waals surface area contributed by atoms with Gasteiger partial charge < -0.3 is 9.47 Å². The summed E-state index contributed by atoms with van der Waals surface area (Å²) >= 11 is 0. The lowest BCUT2D eigenvalue weighted by Gasteiger charge is -2.17. The largest absolute Gasteiger partial charge is 0.494 e. The molecule has 0 aliphatic heterocycles. The summed E-state index contributed by atoms with van der Waals surface area (Å²) in [4.78, 5) is 11.9. The van der Waals surface area contributed by atoms with E-state index in [4.69, 9.17) is 9.47 Å². The lowest BCUT2D eigenvalue weighted by atomic mass is 10.0. The molecule has 0 aromatic heterocycles. The van der Waals surface area contributed by atoms with Crippen molar-refractivity contribution >= 4 is 5.78 Å². The third-order valence-corrected chi connectivity index (χ3v) is 2.60. The van der Waals surface area contributed by atoms with Crippen LogP contribution >= 0.6 is 0 Å². The summed E-state index contributed by atoms with van der Waals surface area (Å²) in [7, 11) is 0. The van der Waals surface area contributed by atoms with Crippen LogP contribution in [0.2, 0.25) is 0 Å². The van der Waals surface area contributed by atoms with Crippen LogP contribution in [0.1, 0.15) is 45.3 Å². The molecule has 100 valence electrons. The SMILES string of the molecule is CCCOC(C(=O)CC)c1cccc(OCC)c1. The first-order chi connectivity index (χ1) is 8.72. The highest BCUT2D eigenvalue weighted by atomic mass is 16.5. The quantitative estimate of drug-likeness (QED) is 0.708. The Morgan fingerprint density at radius 3 is 2.67 bits per heavy atom. The molecule has 0 aliphatic rings. The van der Waals surface area contributed by atoms with Gasteiger partial charge in [-0.05, 0) is 31.0 Å². The predicted molar refractivity (Wildman–Crippen MR) is 71.9 cm³/mol. The normalized spacial score (nSPS) is 12.2. The highest BCUT2D eigenvalue weighted by Gasteiger charge is 2.19. The summed E-state index contributed by atoms with van der Waals surface area (Å²) in [5.74, 6) is 0.890. The molecular formula is C15H22O3. The number of benzene rings is 1. The first-order valence-corrected chi connectivity index (χ1v) is 6.59. The summed E-state index contributed by atoms with van der Waals surface area (Å²) < 4.78 is 11.1. The van der Waals surface area contributed by atoms with Gasteiger partial charge in [0.15, 0.2) is 5.78 Å². The fraction of sp³-hybridized carbons (Fsp3) is 0.533. The van der Waals surface area contributed by atoms with Crippen LogP contribution in [-0.4, -0.2) is 19.0 Å². The number of ether oxygens (including phenoxy) is 2. The van der Waals surface area contributed by atoms with Gasteiger partial charge in [-0.2, -0.15) is 0 Å². The van der Waals surface area contributed by atoms with Crippen LogP contribution in [-0.2, 0) is 9.53 Å². The van der Waals surface area contributed by atoms with Crippen LogP contribution < -0.4 is 4.74 Å². The van der Waals surface area contributed by atoms with Crippen LogP contribution in [0.25, 0.3) is 0 Å². The number of rotatable bonds is 8. The van der Waals surface area contributed by atoms with Gasteiger partial charge in [-0.1, -0.05) is 26.0 Å². The van der Waals surface area contributed by atoms with Gasteiger partial charge in [0.1, 0.15) is 11.9 Å². The molecule has 0 amide bonds. The Labute approximate surface area is 109 Å². The molecule has 0 bridgehead atoms. The molecule has 1 rings (SSSR count). The van der Waals surface area contributed by atoms with Crippen molar-refractivity contribution in [2.75, 3.05) is 13.2 Å². The topological polar surface area (TPSA) is 35.5 Å². The van der Waals surface area contributed by atoms with Gasteiger partial charge in [-0.15, -0.1) is 0 Å². The van der Waals surface area contributed by atoms with E-state index in [-0.39, 0.29) is 5.78 Å². The van der Waals surface area contributed by atoms with E-state index in [0.29, 0.717) is 19.6 Å². The maximum atomic E-state index is 11.9. The minimum atomic E-state index is -0.463. The van der Waals surface area contributed by atoms with E-state index in [1.54, 1.807) is 0 Å². The summed E-state index contributed by atoms with van der Waals surface area (Å²) in [6.07, 6.45) is 0.918. The van der Waals surface area contributed by atoms with Gasteiger partial charge >= 0.3 is 0 Å². The van der Waals surface area contributed by atoms with E-state index in [1.807, 2.05) is 45.0 Å². The molecule has 3 nitrogen and oxygen atoms in total. The van der Waals surface area contributed by atoms with E-state index in [9.17, 15) is 4.79 Å². The Bertz CT molecular complexity index is 374. The van der Waals surface area contributed by atoms with E-state index in [2.05, 4.69) is 0 Å². The smallest absolute Gasteiger partial charge is 0.165 e. The number of ketones is 1. The highest BCUT2D eigenvalue weighted by Crippen LogP contribution is 2.24. The molecular weight excluding hydrogens is 228 g/mol. The summed E-state index contributed by atoms with van der Waals surface area (Å²) in [6.45, 7) is 7.04. The first kappa shape index (κ1) is 14.7. The lowest BCUT2D eigenvalue weighted by molar-refractivity contribution is -0.130. The predicted octanol–water partition coefficient (Wildman–Crippen LogP) is 3.53. The van der Waals surface area contributed by atoms with Gasteiger partial charge in [0.05, 0.1) is 6.61 Å². The molecule has 0 saturated carbocycles. The number of carbonyl (C=O) groups excluding carboxylic acids is 1. The molecule has 0 aliphatic carbocycles. The van der Waals surface area contributed by atoms with E-state index >= 15 is 0 Å². The molecule has 0 fully saturated rings. The van der Waals surface area contributed by atoms with Crippen molar-refractivity contribution in [1.82, 2.24) is 0 Å². The summed E-state index contributed by atoms with van der Waals surface area (Å²) in [5, 5.41) is 0. The third kappa shape index (κ3) is 4.15. The Balaban J connectivity index is 2.89. The molecule has 1 aromatic rings. The summed E-state index contributed by atoms with van der Waals surface area (Å²) in [5.41, 5.74) is 0.876. The zero-order valence-corrected chi connectivity index (χ0v) is 11.4. The van der Waals surface area contributed by atoms with E-state index in [1.165, 1.54) is 0 Å². The molecule has 1 unspecified atom stereocenters. The van der Waals surface area contributed by atoms with Crippen molar-refractivity contribution in [3.05, 3.63) is 29.8 Å². The number of Topliss-reactive ketones (excluding diaryl/α,β-unsaturated/α-hetero) is 1. The molecule has 3 heteroatoms. The highest BCUT2D eigenvalue weighted by molar-refractivity contribution is 5.84. The standard InChI is InChI=1S/C15H22O3/c1-4-10-18-15(14(16)5-2)12-8-7-9-13(11-12)17-6-3/h7-9,11,15H,4-6,10H2,1-3H3. The maximum absolute atomic E-state index is 11.9. The van der Waals surface area contributed by atoms with Crippen molar-refractivity contribution in [3.8, 4) is 5.75 Å². The molecule has 1 aromatic carbocycles. The average Bonchev–Trinajstić information content (AvgIpc) is 2.39. The Hall–Kier alpha value is -1.35. The molecule has 0 N–H and O–H groups in total. The Morgan fingerprint density at radius 1 is 1.28 bits per heavy atom. The van der Waals surface area contributed by atoms with Crippen molar-refractivity contribution in [3.63, 3.8) is 0 Å². The fourth-order valence-corrected chi connectivity index (χ4v) is 1.73. The second kappa shape index (κ2) is 7.88. The van der Waals surface area contributed by atoms with E-state index in [0.717, 1.165) is 17.7 Å². The zero-order valence-electron chi connectivity index (χ0n) is 11.4. The van der Waals surface area contributed by atoms with Gasteiger partial charge in [0.2, 0.25) is 0 Å². The minimum absolute atomic E-state index is 0.108. The van der Waals surface area contributed by atoms with Crippen LogP contribution in [0.5, 0.6) is 5.75 Å². The van der Waals surface area contributed by atoms with Crippen LogP contribution in [0.3, 0.4) is 0 Å². The average molecular weight is 250 g/mol. The van der Waals surface area contributed by atoms with Crippen molar-refractivity contribution in [2.24, 2.45) is 0 Å². The second-order valence-corrected chi connectivity index (χ2v) is 4.08.